The molecule has 2 aromatic rings. The Kier molecular flexibility index (Phi) is 4.69. The van der Waals surface area contributed by atoms with Gasteiger partial charge in [-0.1, -0.05) is 47.5 Å². The summed E-state index contributed by atoms with van der Waals surface area (Å²) in [7, 11) is 0. The van der Waals surface area contributed by atoms with E-state index in [-0.39, 0.29) is 12.0 Å². The highest BCUT2D eigenvalue weighted by Crippen LogP contribution is 2.31. The number of rotatable bonds is 3. The first-order valence-electron chi connectivity index (χ1n) is 7.03. The minimum atomic E-state index is 0.113. The van der Waals surface area contributed by atoms with Gasteiger partial charge in [0.25, 0.3) is 0 Å². The molecule has 1 radical (unpaired) electrons. The zero-order chi connectivity index (χ0) is 14.7. The Morgan fingerprint density at radius 3 is 2.81 bits per heavy atom. The van der Waals surface area contributed by atoms with Crippen LogP contribution in [-0.4, -0.2) is 19.2 Å². The van der Waals surface area contributed by atoms with Gasteiger partial charge in [0.15, 0.2) is 0 Å². The minimum Gasteiger partial charge on any atom is -0.490 e. The zero-order valence-corrected chi connectivity index (χ0v) is 13.0. The van der Waals surface area contributed by atoms with Crippen molar-refractivity contribution in [2.24, 2.45) is 0 Å². The fourth-order valence-corrected chi connectivity index (χ4v) is 2.94. The molecule has 3 rings (SSSR count). The molecular weight excluding hydrogens is 305 g/mol. The molecule has 1 aliphatic heterocycles. The first-order chi connectivity index (χ1) is 10.2. The van der Waals surface area contributed by atoms with Gasteiger partial charge in [0.2, 0.25) is 0 Å². The van der Waals surface area contributed by atoms with E-state index in [9.17, 15) is 0 Å². The van der Waals surface area contributed by atoms with Crippen LogP contribution in [-0.2, 0) is 0 Å². The molecule has 2 nitrogen and oxygen atoms in total. The molecule has 0 aliphatic carbocycles. The molecule has 2 unspecified atom stereocenters. The van der Waals surface area contributed by atoms with Gasteiger partial charge in [0.05, 0.1) is 10.0 Å². The monoisotopic (exact) mass is 320 g/mol. The van der Waals surface area contributed by atoms with E-state index in [0.29, 0.717) is 10.0 Å². The van der Waals surface area contributed by atoms with Crippen LogP contribution in [0.25, 0.3) is 0 Å². The van der Waals surface area contributed by atoms with Crippen LogP contribution >= 0.6 is 23.2 Å². The molecule has 1 aliphatic rings. The van der Waals surface area contributed by atoms with Gasteiger partial charge in [-0.2, -0.15) is 0 Å². The topological polar surface area (TPSA) is 21.3 Å². The second-order valence-electron chi connectivity index (χ2n) is 5.15. The summed E-state index contributed by atoms with van der Waals surface area (Å²) in [6, 6.07) is 16.8. The molecule has 1 saturated heterocycles. The zero-order valence-electron chi connectivity index (χ0n) is 11.5. The Morgan fingerprint density at radius 1 is 1.14 bits per heavy atom. The molecule has 0 amide bonds. The van der Waals surface area contributed by atoms with E-state index in [1.165, 1.54) is 5.56 Å². The summed E-state index contributed by atoms with van der Waals surface area (Å²) in [6.45, 7) is 1.85. The van der Waals surface area contributed by atoms with Crippen molar-refractivity contribution in [2.45, 2.75) is 18.4 Å². The molecule has 0 saturated carbocycles. The smallest absolute Gasteiger partial charge is 0.121 e. The van der Waals surface area contributed by atoms with E-state index in [1.807, 2.05) is 24.3 Å². The van der Waals surface area contributed by atoms with Crippen LogP contribution in [0.4, 0.5) is 0 Å². The molecule has 2 atom stereocenters. The van der Waals surface area contributed by atoms with Crippen LogP contribution in [0.2, 0.25) is 10.0 Å². The maximum Gasteiger partial charge on any atom is 0.121 e. The van der Waals surface area contributed by atoms with Crippen LogP contribution in [0.15, 0.2) is 42.5 Å². The van der Waals surface area contributed by atoms with Crippen LogP contribution in [0.5, 0.6) is 5.75 Å². The lowest BCUT2D eigenvalue weighted by Crippen LogP contribution is -2.41. The van der Waals surface area contributed by atoms with E-state index >= 15 is 0 Å². The van der Waals surface area contributed by atoms with Crippen LogP contribution in [0.3, 0.4) is 0 Å². The van der Waals surface area contributed by atoms with Crippen LogP contribution < -0.4 is 10.1 Å². The lowest BCUT2D eigenvalue weighted by atomic mass is 9.89. The highest BCUT2D eigenvalue weighted by molar-refractivity contribution is 6.42. The summed E-state index contributed by atoms with van der Waals surface area (Å²) < 4.78 is 6.16. The highest BCUT2D eigenvalue weighted by Gasteiger charge is 2.28. The predicted octanol–water partition coefficient (Wildman–Crippen LogP) is 4.32. The van der Waals surface area contributed by atoms with Gasteiger partial charge in [-0.3, -0.25) is 0 Å². The van der Waals surface area contributed by atoms with Gasteiger partial charge >= 0.3 is 0 Å². The molecule has 2 aromatic carbocycles. The number of ether oxygens (including phenoxy) is 1. The number of hydrogen-bond acceptors (Lipinski definition) is 2. The van der Waals surface area contributed by atoms with Crippen molar-refractivity contribution < 1.29 is 4.74 Å². The van der Waals surface area contributed by atoms with E-state index in [1.54, 1.807) is 12.1 Å². The maximum atomic E-state index is 6.16. The average molecular weight is 321 g/mol. The third kappa shape index (κ3) is 3.52. The van der Waals surface area contributed by atoms with Gasteiger partial charge in [-0.25, -0.2) is 0 Å². The summed E-state index contributed by atoms with van der Waals surface area (Å²) in [6.07, 6.45) is 1.07. The Labute approximate surface area is 135 Å². The molecule has 4 heteroatoms. The summed E-state index contributed by atoms with van der Waals surface area (Å²) in [4.78, 5) is 0. The number of piperidine rings is 1. The van der Waals surface area contributed by atoms with Gasteiger partial charge < -0.3 is 10.1 Å². The van der Waals surface area contributed by atoms with Gasteiger partial charge in [-0.15, -0.1) is 0 Å². The van der Waals surface area contributed by atoms with Crippen molar-refractivity contribution in [3.63, 3.8) is 0 Å². The van der Waals surface area contributed by atoms with Gasteiger partial charge in [0, 0.05) is 18.5 Å². The van der Waals surface area contributed by atoms with Crippen molar-refractivity contribution in [2.75, 3.05) is 13.1 Å². The molecule has 1 fully saturated rings. The second kappa shape index (κ2) is 6.69. The Hall–Kier alpha value is -1.22. The largest absolute Gasteiger partial charge is 0.490 e. The number of halogens is 2. The van der Waals surface area contributed by atoms with Gasteiger partial charge in [-0.05, 0) is 36.7 Å². The van der Waals surface area contributed by atoms with E-state index in [0.717, 1.165) is 25.3 Å². The quantitative estimate of drug-likeness (QED) is 0.909. The fourth-order valence-electron chi connectivity index (χ4n) is 2.65. The Morgan fingerprint density at radius 2 is 2.05 bits per heavy atom. The van der Waals surface area contributed by atoms with E-state index < -0.39 is 0 Å². The van der Waals surface area contributed by atoms with Crippen molar-refractivity contribution >= 4 is 23.2 Å². The molecule has 21 heavy (non-hydrogen) atoms. The van der Waals surface area contributed by atoms with Gasteiger partial charge in [0.1, 0.15) is 11.9 Å². The molecule has 0 bridgehead atoms. The number of nitrogens with one attached hydrogen (secondary N) is 1. The van der Waals surface area contributed by atoms with Crippen molar-refractivity contribution in [3.05, 3.63) is 64.1 Å². The summed E-state index contributed by atoms with van der Waals surface area (Å²) in [5, 5.41) is 4.49. The molecule has 0 spiro atoms. The van der Waals surface area contributed by atoms with Crippen LogP contribution in [0.1, 0.15) is 17.9 Å². The molecular formula is C17H16Cl2NO. The number of benzene rings is 2. The van der Waals surface area contributed by atoms with E-state index in [4.69, 9.17) is 27.9 Å². The Balaban J connectivity index is 1.79. The standard InChI is InChI=1S/C17H16Cl2NO/c18-15-7-6-13(10-16(15)19)21-17-8-9-20-11-14(17)12-4-2-1-3-5-12/h1-4,6-7,10,14,17,20H,8-9,11H2. The third-order valence-corrected chi connectivity index (χ3v) is 4.47. The summed E-state index contributed by atoms with van der Waals surface area (Å²) in [5.74, 6) is 1.05. The second-order valence-corrected chi connectivity index (χ2v) is 5.96. The van der Waals surface area contributed by atoms with Crippen molar-refractivity contribution in [1.82, 2.24) is 5.32 Å². The lowest BCUT2D eigenvalue weighted by Gasteiger charge is -2.32. The molecule has 1 heterocycles. The predicted molar refractivity (Wildman–Crippen MR) is 86.4 cm³/mol. The Bertz CT molecular complexity index is 603. The summed E-state index contributed by atoms with van der Waals surface area (Å²) in [5.41, 5.74) is 1.18. The van der Waals surface area contributed by atoms with Crippen molar-refractivity contribution in [1.29, 1.82) is 0 Å². The normalized spacial score (nSPS) is 22.0. The molecule has 0 aromatic heterocycles. The van der Waals surface area contributed by atoms with Crippen LogP contribution in [0, 0.1) is 6.07 Å². The maximum absolute atomic E-state index is 6.16. The first-order valence-corrected chi connectivity index (χ1v) is 7.78. The molecule has 1 N–H and O–H groups in total. The highest BCUT2D eigenvalue weighted by atomic mass is 35.5. The number of hydrogen-bond donors (Lipinski definition) is 1. The summed E-state index contributed by atoms with van der Waals surface area (Å²) >= 11 is 12.0. The average Bonchev–Trinajstić information content (AvgIpc) is 2.52. The fraction of sp³-hybridized carbons (Fsp3) is 0.294. The first kappa shape index (κ1) is 14.7. The third-order valence-electron chi connectivity index (χ3n) is 3.73. The lowest BCUT2D eigenvalue weighted by molar-refractivity contribution is 0.138. The SMILES string of the molecule is Clc1ccc(OC2CCNCC2c2[c]cccc2)cc1Cl. The molecule has 109 valence electrons. The van der Waals surface area contributed by atoms with Crippen molar-refractivity contribution in [3.8, 4) is 5.75 Å². The minimum absolute atomic E-state index is 0.113. The van der Waals surface area contributed by atoms with E-state index in [2.05, 4.69) is 17.4 Å².